The van der Waals surface area contributed by atoms with Crippen molar-refractivity contribution >= 4 is 18.3 Å². The predicted molar refractivity (Wildman–Crippen MR) is 96.0 cm³/mol. The van der Waals surface area contributed by atoms with E-state index in [0.29, 0.717) is 25.7 Å². The lowest BCUT2D eigenvalue weighted by molar-refractivity contribution is -0.138. The predicted octanol–water partition coefficient (Wildman–Crippen LogP) is 2.48. The number of likely N-dealkylation sites (N-methyl/N-ethyl adjacent to an activating group) is 1. The molecule has 0 spiro atoms. The van der Waals surface area contributed by atoms with Gasteiger partial charge in [0.2, 0.25) is 5.91 Å². The van der Waals surface area contributed by atoms with Crippen LogP contribution in [-0.2, 0) is 4.79 Å². The van der Waals surface area contributed by atoms with E-state index >= 15 is 0 Å². The van der Waals surface area contributed by atoms with Crippen LogP contribution in [0.4, 0.5) is 0 Å². The summed E-state index contributed by atoms with van der Waals surface area (Å²) < 4.78 is 11.7. The smallest absolute Gasteiger partial charge is 0.225 e. The summed E-state index contributed by atoms with van der Waals surface area (Å²) >= 11 is 0. The van der Waals surface area contributed by atoms with Crippen molar-refractivity contribution in [3.05, 3.63) is 24.3 Å². The van der Waals surface area contributed by atoms with Gasteiger partial charge in [0.25, 0.3) is 0 Å². The summed E-state index contributed by atoms with van der Waals surface area (Å²) in [5.74, 6) is 1.93. The van der Waals surface area contributed by atoms with E-state index in [0.717, 1.165) is 30.9 Å². The maximum absolute atomic E-state index is 12.8. The Labute approximate surface area is 150 Å². The SMILES string of the molecule is CCN(CC1COc2ccccc2O1)C(=O)[C@H]1CCN[C@@H](C)C1.Cl. The third-order valence-electron chi connectivity index (χ3n) is 4.66. The van der Waals surface area contributed by atoms with Crippen LogP contribution in [0.25, 0.3) is 0 Å². The first-order valence-corrected chi connectivity index (χ1v) is 8.58. The fourth-order valence-corrected chi connectivity index (χ4v) is 3.39. The number of fused-ring (bicyclic) bond motifs is 1. The van der Waals surface area contributed by atoms with Crippen LogP contribution in [0.15, 0.2) is 24.3 Å². The monoisotopic (exact) mass is 354 g/mol. The van der Waals surface area contributed by atoms with Crippen molar-refractivity contribution < 1.29 is 14.3 Å². The largest absolute Gasteiger partial charge is 0.486 e. The molecule has 1 aromatic rings. The first-order chi connectivity index (χ1) is 11.2. The second-order valence-electron chi connectivity index (χ2n) is 6.45. The summed E-state index contributed by atoms with van der Waals surface area (Å²) in [6.07, 6.45) is 1.73. The van der Waals surface area contributed by atoms with Gasteiger partial charge >= 0.3 is 0 Å². The quantitative estimate of drug-likeness (QED) is 0.902. The zero-order valence-electron chi connectivity index (χ0n) is 14.4. The molecule has 1 fully saturated rings. The number of piperidine rings is 1. The number of carbonyl (C=O) groups excluding carboxylic acids is 1. The molecule has 3 atom stereocenters. The van der Waals surface area contributed by atoms with Crippen molar-refractivity contribution in [1.82, 2.24) is 10.2 Å². The number of rotatable bonds is 4. The Morgan fingerprint density at radius 3 is 2.79 bits per heavy atom. The van der Waals surface area contributed by atoms with Crippen LogP contribution >= 0.6 is 12.4 Å². The lowest BCUT2D eigenvalue weighted by Gasteiger charge is -2.34. The molecule has 0 radical (unpaired) electrons. The fourth-order valence-electron chi connectivity index (χ4n) is 3.39. The molecule has 5 nitrogen and oxygen atoms in total. The molecule has 1 aromatic carbocycles. The van der Waals surface area contributed by atoms with Crippen molar-refractivity contribution in [3.8, 4) is 11.5 Å². The van der Waals surface area contributed by atoms with E-state index in [1.54, 1.807) is 0 Å². The number of para-hydroxylation sites is 2. The molecule has 1 unspecified atom stereocenters. The maximum atomic E-state index is 12.8. The van der Waals surface area contributed by atoms with Gasteiger partial charge in [-0.2, -0.15) is 0 Å². The minimum Gasteiger partial charge on any atom is -0.486 e. The molecule has 2 heterocycles. The van der Waals surface area contributed by atoms with E-state index in [4.69, 9.17) is 9.47 Å². The highest BCUT2D eigenvalue weighted by molar-refractivity contribution is 5.85. The van der Waals surface area contributed by atoms with Gasteiger partial charge in [0.15, 0.2) is 17.6 Å². The lowest BCUT2D eigenvalue weighted by atomic mass is 9.92. The number of benzene rings is 1. The molecular formula is C18H27ClN2O3. The molecule has 0 aromatic heterocycles. The van der Waals surface area contributed by atoms with Gasteiger partial charge in [-0.15, -0.1) is 12.4 Å². The van der Waals surface area contributed by atoms with Crippen molar-refractivity contribution in [3.63, 3.8) is 0 Å². The zero-order valence-corrected chi connectivity index (χ0v) is 15.2. The first-order valence-electron chi connectivity index (χ1n) is 8.58. The number of amides is 1. The molecule has 3 rings (SSSR count). The highest BCUT2D eigenvalue weighted by Crippen LogP contribution is 2.31. The second-order valence-corrected chi connectivity index (χ2v) is 6.45. The van der Waals surface area contributed by atoms with Gasteiger partial charge < -0.3 is 19.7 Å². The molecule has 0 saturated carbocycles. The van der Waals surface area contributed by atoms with Crippen LogP contribution in [0, 0.1) is 5.92 Å². The average molecular weight is 355 g/mol. The number of nitrogens with zero attached hydrogens (tertiary/aromatic N) is 1. The van der Waals surface area contributed by atoms with Crippen LogP contribution in [0.1, 0.15) is 26.7 Å². The molecule has 1 amide bonds. The Morgan fingerprint density at radius 2 is 2.08 bits per heavy atom. The standard InChI is InChI=1S/C18H26N2O3.ClH/c1-3-20(18(21)14-8-9-19-13(2)10-14)11-15-12-22-16-6-4-5-7-17(16)23-15;/h4-7,13-15,19H,3,8-12H2,1-2H3;1H/t13-,14-,15?;/m0./s1. The summed E-state index contributed by atoms with van der Waals surface area (Å²) in [5.41, 5.74) is 0. The van der Waals surface area contributed by atoms with Gasteiger partial charge in [0.05, 0.1) is 6.54 Å². The molecule has 134 valence electrons. The maximum Gasteiger partial charge on any atom is 0.225 e. The van der Waals surface area contributed by atoms with E-state index in [9.17, 15) is 4.79 Å². The van der Waals surface area contributed by atoms with Crippen molar-refractivity contribution in [1.29, 1.82) is 0 Å². The van der Waals surface area contributed by atoms with Crippen LogP contribution in [0.2, 0.25) is 0 Å². The Bertz CT molecular complexity index is 555. The molecular weight excluding hydrogens is 328 g/mol. The minimum absolute atomic E-state index is 0. The Hall–Kier alpha value is -1.46. The zero-order chi connectivity index (χ0) is 16.2. The third-order valence-corrected chi connectivity index (χ3v) is 4.66. The highest BCUT2D eigenvalue weighted by Gasteiger charge is 2.30. The molecule has 2 aliphatic rings. The number of hydrogen-bond donors (Lipinski definition) is 1. The van der Waals surface area contributed by atoms with E-state index in [1.165, 1.54) is 0 Å². The minimum atomic E-state index is -0.104. The number of carbonyl (C=O) groups is 1. The summed E-state index contributed by atoms with van der Waals surface area (Å²) in [6, 6.07) is 8.10. The Kier molecular flexibility index (Phi) is 6.75. The molecule has 0 bridgehead atoms. The molecule has 6 heteroatoms. The van der Waals surface area contributed by atoms with Crippen molar-refractivity contribution in [2.24, 2.45) is 5.92 Å². The molecule has 0 aliphatic carbocycles. The summed E-state index contributed by atoms with van der Waals surface area (Å²) in [7, 11) is 0. The number of halogens is 1. The van der Waals surface area contributed by atoms with E-state index in [-0.39, 0.29) is 30.3 Å². The van der Waals surface area contributed by atoms with Crippen molar-refractivity contribution in [2.75, 3.05) is 26.2 Å². The van der Waals surface area contributed by atoms with Crippen molar-refractivity contribution in [2.45, 2.75) is 38.8 Å². The van der Waals surface area contributed by atoms with E-state index in [2.05, 4.69) is 12.2 Å². The van der Waals surface area contributed by atoms with E-state index in [1.807, 2.05) is 36.1 Å². The molecule has 2 aliphatic heterocycles. The summed E-state index contributed by atoms with van der Waals surface area (Å²) in [5, 5.41) is 3.40. The molecule has 24 heavy (non-hydrogen) atoms. The fraction of sp³-hybridized carbons (Fsp3) is 0.611. The Balaban J connectivity index is 0.00000208. The lowest BCUT2D eigenvalue weighted by Crippen LogP contribution is -2.48. The van der Waals surface area contributed by atoms with Crippen LogP contribution < -0.4 is 14.8 Å². The van der Waals surface area contributed by atoms with Gasteiger partial charge in [-0.25, -0.2) is 0 Å². The van der Waals surface area contributed by atoms with Crippen LogP contribution in [-0.4, -0.2) is 49.2 Å². The van der Waals surface area contributed by atoms with Gasteiger partial charge in [0, 0.05) is 18.5 Å². The third kappa shape index (κ3) is 4.33. The summed E-state index contributed by atoms with van der Waals surface area (Å²) in [4.78, 5) is 14.7. The number of nitrogens with one attached hydrogen (secondary N) is 1. The van der Waals surface area contributed by atoms with Crippen LogP contribution in [0.5, 0.6) is 11.5 Å². The number of ether oxygens (including phenoxy) is 2. The van der Waals surface area contributed by atoms with Gasteiger partial charge in [-0.05, 0) is 45.4 Å². The second kappa shape index (κ2) is 8.58. The van der Waals surface area contributed by atoms with Crippen LogP contribution in [0.3, 0.4) is 0 Å². The number of hydrogen-bond acceptors (Lipinski definition) is 4. The normalized spacial score (nSPS) is 25.5. The molecule has 1 saturated heterocycles. The van der Waals surface area contributed by atoms with E-state index < -0.39 is 0 Å². The topological polar surface area (TPSA) is 50.8 Å². The van der Waals surface area contributed by atoms with Gasteiger partial charge in [-0.1, -0.05) is 12.1 Å². The average Bonchev–Trinajstić information content (AvgIpc) is 2.59. The highest BCUT2D eigenvalue weighted by atomic mass is 35.5. The van der Waals surface area contributed by atoms with Gasteiger partial charge in [0.1, 0.15) is 6.61 Å². The Morgan fingerprint density at radius 1 is 1.33 bits per heavy atom. The molecule has 1 N–H and O–H groups in total. The first kappa shape index (κ1) is 18.9. The van der Waals surface area contributed by atoms with Gasteiger partial charge in [-0.3, -0.25) is 4.79 Å². The summed E-state index contributed by atoms with van der Waals surface area (Å²) in [6.45, 7) is 6.88.